The second-order valence-corrected chi connectivity index (χ2v) is 6.98. The third-order valence-electron chi connectivity index (χ3n) is 4.97. The number of carbonyl (C=O) groups excluding carboxylic acids is 1. The van der Waals surface area contributed by atoms with Gasteiger partial charge >= 0.3 is 0 Å². The Bertz CT molecular complexity index is 1030. The first-order chi connectivity index (χ1) is 13.0. The molecule has 1 aliphatic rings. The molecule has 2 aromatic carbocycles. The fourth-order valence-electron chi connectivity index (χ4n) is 3.35. The van der Waals surface area contributed by atoms with Gasteiger partial charge in [0.15, 0.2) is 0 Å². The Labute approximate surface area is 159 Å². The van der Waals surface area contributed by atoms with E-state index in [0.717, 1.165) is 35.6 Å². The molecule has 0 spiro atoms. The molecule has 0 atom stereocenters. The lowest BCUT2D eigenvalue weighted by molar-refractivity contribution is 0.102. The molecule has 0 bridgehead atoms. The van der Waals surface area contributed by atoms with Crippen LogP contribution < -0.4 is 10.2 Å². The van der Waals surface area contributed by atoms with Gasteiger partial charge in [-0.2, -0.15) is 0 Å². The van der Waals surface area contributed by atoms with Gasteiger partial charge in [-0.1, -0.05) is 24.3 Å². The van der Waals surface area contributed by atoms with Crippen molar-refractivity contribution in [3.8, 4) is 0 Å². The Kier molecular flexibility index (Phi) is 4.36. The molecule has 0 saturated heterocycles. The number of anilines is 3. The molecule has 0 fully saturated rings. The number of aryl methyl sites for hydroxylation is 3. The lowest BCUT2D eigenvalue weighted by atomic mass is 10.1. The van der Waals surface area contributed by atoms with Crippen molar-refractivity contribution in [2.24, 2.45) is 0 Å². The quantitative estimate of drug-likeness (QED) is 0.756. The highest BCUT2D eigenvalue weighted by Gasteiger charge is 2.23. The number of aromatic nitrogens is 2. The van der Waals surface area contributed by atoms with Crippen LogP contribution in [0.15, 0.2) is 48.5 Å². The van der Waals surface area contributed by atoms with Crippen LogP contribution in [0.25, 0.3) is 0 Å². The molecule has 2 heterocycles. The first kappa shape index (κ1) is 17.2. The number of benzene rings is 2. The highest BCUT2D eigenvalue weighted by Crippen LogP contribution is 2.32. The Hall–Kier alpha value is -3.21. The van der Waals surface area contributed by atoms with E-state index in [1.54, 1.807) is 6.07 Å². The second-order valence-electron chi connectivity index (χ2n) is 6.98. The van der Waals surface area contributed by atoms with E-state index in [1.165, 1.54) is 11.1 Å². The summed E-state index contributed by atoms with van der Waals surface area (Å²) in [4.78, 5) is 24.0. The standard InChI is InChI=1S/C22H22N4O/c1-14-8-9-18(12-15(14)2)24-21(27)19-13-16(3)23-22(25-19)26-11-10-17-6-4-5-7-20(17)26/h4-9,12-13H,10-11H2,1-3H3,(H,24,27). The monoisotopic (exact) mass is 358 g/mol. The summed E-state index contributed by atoms with van der Waals surface area (Å²) in [6.45, 7) is 6.79. The van der Waals surface area contributed by atoms with E-state index in [4.69, 9.17) is 0 Å². The number of hydrogen-bond acceptors (Lipinski definition) is 4. The van der Waals surface area contributed by atoms with Crippen molar-refractivity contribution >= 4 is 23.2 Å². The number of fused-ring (bicyclic) bond motifs is 1. The molecular formula is C22H22N4O. The SMILES string of the molecule is Cc1cc(C(=O)Nc2ccc(C)c(C)c2)nc(N2CCc3ccccc32)n1. The van der Waals surface area contributed by atoms with Gasteiger partial charge in [-0.3, -0.25) is 4.79 Å². The lowest BCUT2D eigenvalue weighted by Crippen LogP contribution is -2.20. The van der Waals surface area contributed by atoms with Crippen LogP contribution in [0.4, 0.5) is 17.3 Å². The molecule has 1 N–H and O–H groups in total. The van der Waals surface area contributed by atoms with Gasteiger partial charge in [0, 0.05) is 23.6 Å². The Balaban J connectivity index is 1.63. The predicted octanol–water partition coefficient (Wildman–Crippen LogP) is 4.35. The summed E-state index contributed by atoms with van der Waals surface area (Å²) in [7, 11) is 0. The minimum Gasteiger partial charge on any atom is -0.321 e. The molecule has 0 aliphatic carbocycles. The van der Waals surface area contributed by atoms with E-state index < -0.39 is 0 Å². The zero-order chi connectivity index (χ0) is 19.0. The van der Waals surface area contributed by atoms with Gasteiger partial charge in [0.25, 0.3) is 5.91 Å². The van der Waals surface area contributed by atoms with Crippen LogP contribution in [-0.4, -0.2) is 22.4 Å². The van der Waals surface area contributed by atoms with Crippen LogP contribution in [-0.2, 0) is 6.42 Å². The highest BCUT2D eigenvalue weighted by molar-refractivity contribution is 6.03. The molecule has 3 aromatic rings. The van der Waals surface area contributed by atoms with E-state index in [9.17, 15) is 4.79 Å². The average Bonchev–Trinajstić information content (AvgIpc) is 3.08. The number of rotatable bonds is 3. The summed E-state index contributed by atoms with van der Waals surface area (Å²) in [5, 5.41) is 2.94. The van der Waals surface area contributed by atoms with Gasteiger partial charge in [0.05, 0.1) is 0 Å². The first-order valence-electron chi connectivity index (χ1n) is 9.11. The van der Waals surface area contributed by atoms with E-state index >= 15 is 0 Å². The van der Waals surface area contributed by atoms with E-state index in [2.05, 4.69) is 39.2 Å². The number of carbonyl (C=O) groups is 1. The number of amides is 1. The largest absolute Gasteiger partial charge is 0.321 e. The lowest BCUT2D eigenvalue weighted by Gasteiger charge is -2.18. The third kappa shape index (κ3) is 3.40. The zero-order valence-electron chi connectivity index (χ0n) is 15.8. The number of nitrogens with one attached hydrogen (secondary N) is 1. The molecular weight excluding hydrogens is 336 g/mol. The summed E-state index contributed by atoms with van der Waals surface area (Å²) in [5.41, 5.74) is 6.65. The van der Waals surface area contributed by atoms with Crippen LogP contribution >= 0.6 is 0 Å². The third-order valence-corrected chi connectivity index (χ3v) is 4.97. The molecule has 0 saturated carbocycles. The summed E-state index contributed by atoms with van der Waals surface area (Å²) in [6, 6.07) is 15.9. The topological polar surface area (TPSA) is 58.1 Å². The molecule has 0 radical (unpaired) electrons. The molecule has 1 amide bonds. The van der Waals surface area contributed by atoms with Crippen LogP contribution in [0.5, 0.6) is 0 Å². The van der Waals surface area contributed by atoms with Gasteiger partial charge in [-0.25, -0.2) is 9.97 Å². The molecule has 5 nitrogen and oxygen atoms in total. The van der Waals surface area contributed by atoms with Gasteiger partial charge < -0.3 is 10.2 Å². The van der Waals surface area contributed by atoms with E-state index in [0.29, 0.717) is 11.6 Å². The number of nitrogens with zero attached hydrogens (tertiary/aromatic N) is 3. The molecule has 1 aromatic heterocycles. The Morgan fingerprint density at radius 1 is 1.00 bits per heavy atom. The molecule has 27 heavy (non-hydrogen) atoms. The van der Waals surface area contributed by atoms with Gasteiger partial charge in [0.1, 0.15) is 5.69 Å². The minimum absolute atomic E-state index is 0.225. The van der Waals surface area contributed by atoms with Crippen molar-refractivity contribution in [2.75, 3.05) is 16.8 Å². The summed E-state index contributed by atoms with van der Waals surface area (Å²) in [5.74, 6) is 0.350. The van der Waals surface area contributed by atoms with Crippen molar-refractivity contribution < 1.29 is 4.79 Å². The van der Waals surface area contributed by atoms with Crippen LogP contribution in [0.1, 0.15) is 32.9 Å². The van der Waals surface area contributed by atoms with Crippen LogP contribution in [0.2, 0.25) is 0 Å². The molecule has 1 aliphatic heterocycles. The van der Waals surface area contributed by atoms with Crippen LogP contribution in [0, 0.1) is 20.8 Å². The fourth-order valence-corrected chi connectivity index (χ4v) is 3.35. The molecule has 136 valence electrons. The number of hydrogen-bond donors (Lipinski definition) is 1. The zero-order valence-corrected chi connectivity index (χ0v) is 15.8. The van der Waals surface area contributed by atoms with E-state index in [1.807, 2.05) is 44.2 Å². The molecule has 5 heteroatoms. The summed E-state index contributed by atoms with van der Waals surface area (Å²) in [6.07, 6.45) is 0.956. The predicted molar refractivity (Wildman–Crippen MR) is 108 cm³/mol. The van der Waals surface area contributed by atoms with E-state index in [-0.39, 0.29) is 5.91 Å². The van der Waals surface area contributed by atoms with Crippen LogP contribution in [0.3, 0.4) is 0 Å². The smallest absolute Gasteiger partial charge is 0.274 e. The number of para-hydroxylation sites is 1. The summed E-state index contributed by atoms with van der Waals surface area (Å²) < 4.78 is 0. The van der Waals surface area contributed by atoms with Crippen molar-refractivity contribution in [2.45, 2.75) is 27.2 Å². The highest BCUT2D eigenvalue weighted by atomic mass is 16.1. The molecule has 0 unspecified atom stereocenters. The van der Waals surface area contributed by atoms with Gasteiger partial charge in [-0.05, 0) is 68.1 Å². The van der Waals surface area contributed by atoms with Crippen molar-refractivity contribution in [1.82, 2.24) is 9.97 Å². The van der Waals surface area contributed by atoms with Gasteiger partial charge in [0.2, 0.25) is 5.95 Å². The van der Waals surface area contributed by atoms with Crippen molar-refractivity contribution in [3.63, 3.8) is 0 Å². The van der Waals surface area contributed by atoms with Crippen molar-refractivity contribution in [3.05, 3.63) is 76.6 Å². The van der Waals surface area contributed by atoms with Crippen molar-refractivity contribution in [1.29, 1.82) is 0 Å². The fraction of sp³-hybridized carbons (Fsp3) is 0.227. The second kappa shape index (κ2) is 6.83. The van der Waals surface area contributed by atoms with Gasteiger partial charge in [-0.15, -0.1) is 0 Å². The maximum absolute atomic E-state index is 12.8. The summed E-state index contributed by atoms with van der Waals surface area (Å²) >= 11 is 0. The Morgan fingerprint density at radius 2 is 1.81 bits per heavy atom. The molecule has 4 rings (SSSR count). The normalized spacial score (nSPS) is 12.8. The average molecular weight is 358 g/mol. The maximum atomic E-state index is 12.8. The first-order valence-corrected chi connectivity index (χ1v) is 9.11. The minimum atomic E-state index is -0.225. The maximum Gasteiger partial charge on any atom is 0.274 e. The Morgan fingerprint density at radius 3 is 2.63 bits per heavy atom.